The summed E-state index contributed by atoms with van der Waals surface area (Å²) in [5.74, 6) is -1.24. The number of ether oxygens (including phenoxy) is 1. The number of hydrogen-bond donors (Lipinski definition) is 1. The number of rotatable bonds is 6. The number of aromatic nitrogens is 1. The van der Waals surface area contributed by atoms with Crippen molar-refractivity contribution in [1.82, 2.24) is 4.73 Å². The van der Waals surface area contributed by atoms with E-state index < -0.39 is 17.4 Å². The maximum atomic E-state index is 12.7. The summed E-state index contributed by atoms with van der Waals surface area (Å²) in [6, 6.07) is 17.0. The largest absolute Gasteiger partial charge is 0.465 e. The van der Waals surface area contributed by atoms with Crippen LogP contribution in [0.3, 0.4) is 0 Å². The lowest BCUT2D eigenvalue weighted by Gasteiger charge is -2.12. The van der Waals surface area contributed by atoms with Crippen molar-refractivity contribution in [2.24, 2.45) is 0 Å². The molecule has 7 nitrogen and oxygen atoms in total. The minimum Gasteiger partial charge on any atom is -0.465 e. The van der Waals surface area contributed by atoms with Crippen molar-refractivity contribution in [3.05, 3.63) is 99.5 Å². The van der Waals surface area contributed by atoms with Crippen molar-refractivity contribution in [2.75, 3.05) is 12.4 Å². The molecule has 0 unspecified atom stereocenters. The molecule has 1 heterocycles. The highest BCUT2D eigenvalue weighted by atomic mass is 16.7. The molecule has 7 heteroatoms. The van der Waals surface area contributed by atoms with E-state index in [4.69, 9.17) is 9.57 Å². The van der Waals surface area contributed by atoms with Gasteiger partial charge in [0.25, 0.3) is 11.5 Å². The standard InChI is InChI=1S/C22H20N2O5/c1-15-8-3-4-9-16(15)14-29-24-13-7-11-18(21(24)26)20(25)23-19-12-6-5-10-17(19)22(27)28-2/h3-13H,14H2,1-2H3,(H,23,25). The molecular formula is C22H20N2O5. The number of methoxy groups -OCH3 is 1. The fourth-order valence-corrected chi connectivity index (χ4v) is 2.73. The molecule has 0 saturated heterocycles. The predicted octanol–water partition coefficient (Wildman–Crippen LogP) is 2.82. The van der Waals surface area contributed by atoms with Crippen LogP contribution < -0.4 is 15.7 Å². The number of para-hydroxylation sites is 1. The highest BCUT2D eigenvalue weighted by molar-refractivity contribution is 6.07. The fourth-order valence-electron chi connectivity index (χ4n) is 2.73. The van der Waals surface area contributed by atoms with Crippen LogP contribution in [-0.2, 0) is 11.3 Å². The first-order chi connectivity index (χ1) is 14.0. The normalized spacial score (nSPS) is 10.3. The maximum absolute atomic E-state index is 12.7. The van der Waals surface area contributed by atoms with Crippen LogP contribution in [0, 0.1) is 6.92 Å². The number of nitrogens with zero attached hydrogens (tertiary/aromatic N) is 1. The summed E-state index contributed by atoms with van der Waals surface area (Å²) >= 11 is 0. The molecule has 1 amide bonds. The molecule has 0 aliphatic carbocycles. The average molecular weight is 392 g/mol. The van der Waals surface area contributed by atoms with Crippen LogP contribution in [0.25, 0.3) is 0 Å². The molecule has 3 aromatic rings. The third kappa shape index (κ3) is 4.52. The molecule has 0 bridgehead atoms. The van der Waals surface area contributed by atoms with Crippen LogP contribution in [0.1, 0.15) is 31.8 Å². The fraction of sp³-hybridized carbons (Fsp3) is 0.136. The van der Waals surface area contributed by atoms with Crippen LogP contribution in [0.4, 0.5) is 5.69 Å². The van der Waals surface area contributed by atoms with Gasteiger partial charge in [-0.15, -0.1) is 0 Å². The van der Waals surface area contributed by atoms with E-state index in [0.717, 1.165) is 15.9 Å². The van der Waals surface area contributed by atoms with Crippen molar-refractivity contribution in [2.45, 2.75) is 13.5 Å². The topological polar surface area (TPSA) is 86.6 Å². The van der Waals surface area contributed by atoms with Crippen molar-refractivity contribution in [1.29, 1.82) is 0 Å². The molecule has 0 spiro atoms. The van der Waals surface area contributed by atoms with Crippen molar-refractivity contribution < 1.29 is 19.2 Å². The lowest BCUT2D eigenvalue weighted by atomic mass is 10.1. The first-order valence-electron chi connectivity index (χ1n) is 8.89. The number of hydrogen-bond acceptors (Lipinski definition) is 5. The van der Waals surface area contributed by atoms with Crippen molar-refractivity contribution in [3.63, 3.8) is 0 Å². The Balaban J connectivity index is 1.81. The zero-order valence-corrected chi connectivity index (χ0v) is 16.0. The Morgan fingerprint density at radius 1 is 0.966 bits per heavy atom. The number of pyridine rings is 1. The highest BCUT2D eigenvalue weighted by Gasteiger charge is 2.17. The molecule has 0 aliphatic heterocycles. The van der Waals surface area contributed by atoms with Crippen LogP contribution >= 0.6 is 0 Å². The molecule has 0 radical (unpaired) electrons. The van der Waals surface area contributed by atoms with Crippen molar-refractivity contribution in [3.8, 4) is 0 Å². The first-order valence-corrected chi connectivity index (χ1v) is 8.89. The van der Waals surface area contributed by atoms with E-state index in [-0.39, 0.29) is 23.4 Å². The summed E-state index contributed by atoms with van der Waals surface area (Å²) in [4.78, 5) is 42.7. The van der Waals surface area contributed by atoms with E-state index in [1.807, 2.05) is 31.2 Å². The molecule has 0 aliphatic rings. The third-order valence-electron chi connectivity index (χ3n) is 4.36. The van der Waals surface area contributed by atoms with Crippen molar-refractivity contribution >= 4 is 17.6 Å². The van der Waals surface area contributed by atoms with Gasteiger partial charge >= 0.3 is 5.97 Å². The van der Waals surface area contributed by atoms with E-state index in [1.54, 1.807) is 24.3 Å². The summed E-state index contributed by atoms with van der Waals surface area (Å²) in [6.07, 6.45) is 1.44. The van der Waals surface area contributed by atoms with Gasteiger partial charge in [-0.3, -0.25) is 9.59 Å². The molecule has 1 N–H and O–H groups in total. The Labute approximate surface area is 167 Å². The van der Waals surface area contributed by atoms with Crippen LogP contribution in [0.15, 0.2) is 71.7 Å². The number of aryl methyl sites for hydroxylation is 1. The molecule has 1 aromatic heterocycles. The Morgan fingerprint density at radius 2 is 1.66 bits per heavy atom. The maximum Gasteiger partial charge on any atom is 0.339 e. The van der Waals surface area contributed by atoms with E-state index >= 15 is 0 Å². The van der Waals surface area contributed by atoms with Gasteiger partial charge in [-0.1, -0.05) is 36.4 Å². The summed E-state index contributed by atoms with van der Waals surface area (Å²) in [5.41, 5.74) is 1.69. The molecule has 3 rings (SSSR count). The monoisotopic (exact) mass is 392 g/mol. The summed E-state index contributed by atoms with van der Waals surface area (Å²) < 4.78 is 5.74. The minimum atomic E-state index is -0.653. The van der Waals surface area contributed by atoms with E-state index in [2.05, 4.69) is 5.32 Å². The van der Waals surface area contributed by atoms with E-state index in [1.165, 1.54) is 25.4 Å². The number of anilines is 1. The van der Waals surface area contributed by atoms with Gasteiger partial charge in [0.05, 0.1) is 18.4 Å². The van der Waals surface area contributed by atoms with Gasteiger partial charge in [-0.2, -0.15) is 4.73 Å². The molecule has 29 heavy (non-hydrogen) atoms. The Kier molecular flexibility index (Phi) is 6.09. The summed E-state index contributed by atoms with van der Waals surface area (Å²) in [7, 11) is 1.25. The molecule has 0 saturated carbocycles. The second-order valence-corrected chi connectivity index (χ2v) is 6.24. The zero-order valence-electron chi connectivity index (χ0n) is 16.0. The SMILES string of the molecule is COC(=O)c1ccccc1NC(=O)c1cccn(OCc2ccccc2C)c1=O. The Hall–Kier alpha value is -3.87. The van der Waals surface area contributed by atoms with E-state index in [0.29, 0.717) is 0 Å². The summed E-state index contributed by atoms with van der Waals surface area (Å²) in [5, 5.41) is 2.58. The second-order valence-electron chi connectivity index (χ2n) is 6.24. The molecule has 0 atom stereocenters. The second kappa shape index (κ2) is 8.88. The molecule has 148 valence electrons. The number of nitrogens with one attached hydrogen (secondary N) is 1. The number of carbonyl (C=O) groups is 2. The van der Waals surface area contributed by atoms with Gasteiger partial charge in [0.15, 0.2) is 0 Å². The van der Waals surface area contributed by atoms with Gasteiger partial charge in [-0.25, -0.2) is 4.79 Å². The number of esters is 1. The van der Waals surface area contributed by atoms with Crippen LogP contribution in [0.5, 0.6) is 0 Å². The quantitative estimate of drug-likeness (QED) is 0.652. The lowest BCUT2D eigenvalue weighted by molar-refractivity contribution is 0.0602. The van der Waals surface area contributed by atoms with Crippen LogP contribution in [-0.4, -0.2) is 23.7 Å². The van der Waals surface area contributed by atoms with Crippen LogP contribution in [0.2, 0.25) is 0 Å². The Morgan fingerprint density at radius 3 is 2.41 bits per heavy atom. The van der Waals surface area contributed by atoms with E-state index in [9.17, 15) is 14.4 Å². The third-order valence-corrected chi connectivity index (χ3v) is 4.36. The lowest BCUT2D eigenvalue weighted by Crippen LogP contribution is -2.32. The average Bonchev–Trinajstić information content (AvgIpc) is 2.73. The number of benzene rings is 2. The molecule has 0 fully saturated rings. The smallest absolute Gasteiger partial charge is 0.339 e. The summed E-state index contributed by atoms with van der Waals surface area (Å²) in [6.45, 7) is 2.13. The van der Waals surface area contributed by atoms with Gasteiger partial charge in [0.1, 0.15) is 12.2 Å². The van der Waals surface area contributed by atoms with Gasteiger partial charge in [0.2, 0.25) is 0 Å². The minimum absolute atomic E-state index is 0.114. The van der Waals surface area contributed by atoms with Gasteiger partial charge in [0, 0.05) is 6.20 Å². The molecular weight excluding hydrogens is 372 g/mol. The number of carbonyl (C=O) groups excluding carboxylic acids is 2. The number of amides is 1. The molecule has 2 aromatic carbocycles. The van der Waals surface area contributed by atoms with Gasteiger partial charge in [-0.05, 0) is 42.3 Å². The highest BCUT2D eigenvalue weighted by Crippen LogP contribution is 2.16. The first kappa shape index (κ1) is 19.9. The predicted molar refractivity (Wildman–Crippen MR) is 108 cm³/mol. The zero-order chi connectivity index (χ0) is 20.8. The Bertz CT molecular complexity index is 1100. The van der Waals surface area contributed by atoms with Gasteiger partial charge < -0.3 is 14.9 Å².